The number of aliphatic hydroxyl groups excluding tert-OH is 1. The van der Waals surface area contributed by atoms with Gasteiger partial charge in [0.15, 0.2) is 12.4 Å². The van der Waals surface area contributed by atoms with Crippen molar-refractivity contribution in [3.63, 3.8) is 0 Å². The van der Waals surface area contributed by atoms with Gasteiger partial charge in [0.1, 0.15) is 0 Å². The second-order valence-electron chi connectivity index (χ2n) is 9.81. The lowest BCUT2D eigenvalue weighted by Crippen LogP contribution is -2.37. The largest absolute Gasteiger partial charge is 0.479 e. The number of allylic oxidation sites excluding steroid dienone is 2. The van der Waals surface area contributed by atoms with Crippen LogP contribution in [0.15, 0.2) is 12.2 Å². The highest BCUT2D eigenvalue weighted by Gasteiger charge is 2.52. The van der Waals surface area contributed by atoms with E-state index in [1.54, 1.807) is 0 Å². The van der Waals surface area contributed by atoms with Crippen LogP contribution >= 0.6 is 0 Å². The van der Waals surface area contributed by atoms with Crippen LogP contribution in [-0.2, 0) is 14.3 Å². The van der Waals surface area contributed by atoms with E-state index in [2.05, 4.69) is 6.92 Å². The Bertz CT molecular complexity index is 579. The lowest BCUT2D eigenvalue weighted by Gasteiger charge is -2.35. The molecular weight excluding hydrogens is 430 g/mol. The van der Waals surface area contributed by atoms with Gasteiger partial charge in [-0.3, -0.25) is 0 Å². The summed E-state index contributed by atoms with van der Waals surface area (Å²) in [4.78, 5) is 11.5. The highest BCUT2D eigenvalue weighted by Crippen LogP contribution is 2.52. The predicted octanol–water partition coefficient (Wildman–Crippen LogP) is 6.48. The van der Waals surface area contributed by atoms with Gasteiger partial charge in [0.25, 0.3) is 0 Å². The number of hydrogen-bond donors (Lipinski definition) is 2. The van der Waals surface area contributed by atoms with E-state index < -0.39 is 42.2 Å². The van der Waals surface area contributed by atoms with Gasteiger partial charge in [0.2, 0.25) is 6.43 Å². The van der Waals surface area contributed by atoms with Crippen molar-refractivity contribution in [1.29, 1.82) is 0 Å². The number of hydrogen-bond acceptors (Lipinski definition) is 4. The number of ether oxygens (including phenoxy) is 2. The maximum atomic E-state index is 14.2. The molecule has 0 spiro atoms. The van der Waals surface area contributed by atoms with Crippen LogP contribution < -0.4 is 0 Å². The SMILES string of the molecule is CCCCCCCC[C@@]1(C(F)F)CC[C@H](O)[C@@H]1C/C=C\CCC(OC1CCCCO1)C(=O)O. The number of unbranched alkanes of at least 4 members (excludes halogenated alkanes) is 5. The average molecular weight is 475 g/mol. The summed E-state index contributed by atoms with van der Waals surface area (Å²) in [6, 6.07) is 0. The van der Waals surface area contributed by atoms with Gasteiger partial charge in [-0.05, 0) is 63.7 Å². The summed E-state index contributed by atoms with van der Waals surface area (Å²) in [6.07, 6.45) is 10.5. The van der Waals surface area contributed by atoms with E-state index in [0.717, 1.165) is 44.9 Å². The zero-order chi connectivity index (χ0) is 24.1. The number of aliphatic carboxylic acids is 1. The van der Waals surface area contributed by atoms with E-state index in [1.165, 1.54) is 6.42 Å². The van der Waals surface area contributed by atoms with Gasteiger partial charge in [-0.15, -0.1) is 0 Å². The van der Waals surface area contributed by atoms with Crippen LogP contribution in [0.1, 0.15) is 103 Å². The third kappa shape index (κ3) is 8.91. The Kier molecular flexibility index (Phi) is 12.9. The average Bonchev–Trinajstić information content (AvgIpc) is 3.12. The summed E-state index contributed by atoms with van der Waals surface area (Å²) in [5.41, 5.74) is -1.11. The molecule has 0 radical (unpaired) electrons. The number of halogens is 2. The van der Waals surface area contributed by atoms with E-state index >= 15 is 0 Å². The first-order valence-electron chi connectivity index (χ1n) is 13.0. The molecule has 1 aliphatic heterocycles. The van der Waals surface area contributed by atoms with Gasteiger partial charge in [-0.1, -0.05) is 57.6 Å². The molecule has 0 amide bonds. The van der Waals surface area contributed by atoms with Crippen molar-refractivity contribution < 1.29 is 33.3 Å². The molecule has 2 aliphatic rings. The zero-order valence-electron chi connectivity index (χ0n) is 20.2. The molecule has 0 aromatic heterocycles. The molecule has 7 heteroatoms. The third-order valence-electron chi connectivity index (χ3n) is 7.42. The van der Waals surface area contributed by atoms with E-state index in [0.29, 0.717) is 51.6 Å². The summed E-state index contributed by atoms with van der Waals surface area (Å²) >= 11 is 0. The van der Waals surface area contributed by atoms with Crippen LogP contribution in [0.4, 0.5) is 8.78 Å². The monoisotopic (exact) mass is 474 g/mol. The first-order valence-corrected chi connectivity index (χ1v) is 13.0. The Balaban J connectivity index is 1.83. The second-order valence-corrected chi connectivity index (χ2v) is 9.81. The van der Waals surface area contributed by atoms with Crippen LogP contribution in [0.3, 0.4) is 0 Å². The molecule has 2 N–H and O–H groups in total. The molecular formula is C26H44F2O5. The molecule has 1 saturated carbocycles. The summed E-state index contributed by atoms with van der Waals surface area (Å²) in [5, 5.41) is 19.9. The maximum absolute atomic E-state index is 14.2. The normalized spacial score (nSPS) is 29.2. The third-order valence-corrected chi connectivity index (χ3v) is 7.42. The fourth-order valence-corrected chi connectivity index (χ4v) is 5.36. The van der Waals surface area contributed by atoms with E-state index in [-0.39, 0.29) is 0 Å². The number of carboxylic acids is 1. The topological polar surface area (TPSA) is 76.0 Å². The van der Waals surface area contributed by atoms with Gasteiger partial charge in [0, 0.05) is 12.0 Å². The van der Waals surface area contributed by atoms with E-state index in [9.17, 15) is 23.8 Å². The van der Waals surface area contributed by atoms with Crippen molar-refractivity contribution in [2.45, 2.75) is 128 Å². The fraction of sp³-hybridized carbons (Fsp3) is 0.885. The molecule has 1 saturated heterocycles. The number of aliphatic hydroxyl groups is 1. The van der Waals surface area contributed by atoms with Crippen LogP contribution in [0.2, 0.25) is 0 Å². The molecule has 2 rings (SSSR count). The molecule has 0 bridgehead atoms. The quantitative estimate of drug-likeness (QED) is 0.198. The minimum absolute atomic E-state index is 0.302. The van der Waals surface area contributed by atoms with Gasteiger partial charge < -0.3 is 19.7 Å². The zero-order valence-corrected chi connectivity index (χ0v) is 20.2. The van der Waals surface area contributed by atoms with Crippen LogP contribution in [0.5, 0.6) is 0 Å². The van der Waals surface area contributed by atoms with Crippen molar-refractivity contribution in [1.82, 2.24) is 0 Å². The summed E-state index contributed by atoms with van der Waals surface area (Å²) < 4.78 is 39.5. The first kappa shape index (κ1) is 28.2. The van der Waals surface area contributed by atoms with Crippen molar-refractivity contribution in [3.05, 3.63) is 12.2 Å². The first-order chi connectivity index (χ1) is 15.9. The molecule has 2 unspecified atom stereocenters. The van der Waals surface area contributed by atoms with Crippen LogP contribution in [-0.4, -0.2) is 47.7 Å². The summed E-state index contributed by atoms with van der Waals surface area (Å²) in [6.45, 7) is 2.75. The second kappa shape index (κ2) is 15.0. The molecule has 33 heavy (non-hydrogen) atoms. The Morgan fingerprint density at radius 2 is 1.91 bits per heavy atom. The highest BCUT2D eigenvalue weighted by molar-refractivity contribution is 5.72. The van der Waals surface area contributed by atoms with Gasteiger partial charge in [0.05, 0.1) is 6.10 Å². The summed E-state index contributed by atoms with van der Waals surface area (Å²) in [7, 11) is 0. The van der Waals surface area contributed by atoms with Crippen LogP contribution in [0, 0.1) is 11.3 Å². The molecule has 0 aromatic carbocycles. The van der Waals surface area contributed by atoms with Crippen molar-refractivity contribution >= 4 is 5.97 Å². The standard InChI is InChI=1S/C26H44F2O5/c1-2-3-4-5-6-11-17-26(25(27)28)18-16-21(29)20(26)13-8-7-9-14-22(24(30)31)33-23-15-10-12-19-32-23/h7-8,20-23,25,29H,2-6,9-19H2,1H3,(H,30,31)/b8-7-/t20-,21-,22?,23?,26+/m0/s1. The Morgan fingerprint density at radius 3 is 2.58 bits per heavy atom. The number of carboxylic acid groups (broad SMARTS) is 1. The predicted molar refractivity (Wildman–Crippen MR) is 124 cm³/mol. The van der Waals surface area contributed by atoms with E-state index in [1.807, 2.05) is 12.2 Å². The minimum Gasteiger partial charge on any atom is -0.479 e. The molecule has 5 atom stereocenters. The lowest BCUT2D eigenvalue weighted by atomic mass is 9.72. The highest BCUT2D eigenvalue weighted by atomic mass is 19.3. The Labute approximate surface area is 197 Å². The number of alkyl halides is 2. The fourth-order valence-electron chi connectivity index (χ4n) is 5.36. The Hall–Kier alpha value is -1.05. The lowest BCUT2D eigenvalue weighted by molar-refractivity contribution is -0.201. The molecule has 2 fully saturated rings. The molecule has 1 heterocycles. The maximum Gasteiger partial charge on any atom is 0.332 e. The van der Waals surface area contributed by atoms with Gasteiger partial charge >= 0.3 is 5.97 Å². The molecule has 5 nitrogen and oxygen atoms in total. The molecule has 1 aliphatic carbocycles. The van der Waals surface area contributed by atoms with E-state index in [4.69, 9.17) is 9.47 Å². The smallest absolute Gasteiger partial charge is 0.332 e. The summed E-state index contributed by atoms with van der Waals surface area (Å²) in [5.74, 6) is -1.47. The Morgan fingerprint density at radius 1 is 1.15 bits per heavy atom. The molecule has 192 valence electrons. The van der Waals surface area contributed by atoms with Gasteiger partial charge in [-0.25, -0.2) is 13.6 Å². The van der Waals surface area contributed by atoms with Crippen molar-refractivity contribution in [2.24, 2.45) is 11.3 Å². The number of carbonyl (C=O) groups is 1. The van der Waals surface area contributed by atoms with Crippen LogP contribution in [0.25, 0.3) is 0 Å². The number of rotatable bonds is 16. The van der Waals surface area contributed by atoms with Gasteiger partial charge in [-0.2, -0.15) is 0 Å². The minimum atomic E-state index is -2.44. The van der Waals surface area contributed by atoms with Crippen molar-refractivity contribution in [2.75, 3.05) is 6.61 Å². The molecule has 0 aromatic rings. The van der Waals surface area contributed by atoms with Crippen molar-refractivity contribution in [3.8, 4) is 0 Å².